The summed E-state index contributed by atoms with van der Waals surface area (Å²) in [4.78, 5) is 1.47. The van der Waals surface area contributed by atoms with Gasteiger partial charge < -0.3 is 5.73 Å². The predicted molar refractivity (Wildman–Crippen MR) is 69.8 cm³/mol. The molecule has 0 bridgehead atoms. The highest BCUT2D eigenvalue weighted by atomic mass is 35.5. The van der Waals surface area contributed by atoms with Crippen LogP contribution in [0, 0.1) is 11.6 Å². The molecule has 94 valence electrons. The van der Waals surface area contributed by atoms with Gasteiger partial charge in [-0.25, -0.2) is 8.78 Å². The van der Waals surface area contributed by atoms with Gasteiger partial charge in [-0.2, -0.15) is 0 Å². The first-order chi connectivity index (χ1) is 8.60. The Kier molecular flexibility index (Phi) is 4.22. The number of nitrogens with two attached hydrogens (primary N) is 1. The molecule has 1 nitrogen and oxygen atoms in total. The summed E-state index contributed by atoms with van der Waals surface area (Å²) < 4.78 is 25.8. The molecular weight excluding hydrogens is 276 g/mol. The summed E-state index contributed by atoms with van der Waals surface area (Å²) in [5.41, 5.74) is 6.36. The van der Waals surface area contributed by atoms with Crippen LogP contribution < -0.4 is 5.73 Å². The molecule has 0 heterocycles. The van der Waals surface area contributed by atoms with Gasteiger partial charge >= 0.3 is 0 Å². The van der Waals surface area contributed by atoms with E-state index in [-0.39, 0.29) is 0 Å². The Morgan fingerprint density at radius 1 is 1.00 bits per heavy atom. The smallest absolute Gasteiger partial charge is 0.159 e. The second-order valence-corrected chi connectivity index (χ2v) is 5.19. The van der Waals surface area contributed by atoms with Crippen molar-refractivity contribution in [1.29, 1.82) is 0 Å². The average Bonchev–Trinajstić information content (AvgIpc) is 2.34. The van der Waals surface area contributed by atoms with E-state index >= 15 is 0 Å². The zero-order chi connectivity index (χ0) is 13.1. The van der Waals surface area contributed by atoms with E-state index in [1.54, 1.807) is 6.07 Å². The molecule has 0 aliphatic heterocycles. The Labute approximate surface area is 113 Å². The SMILES string of the molecule is NCc1ccc(Sc2ccc(F)c(F)c2)cc1Cl. The minimum atomic E-state index is -0.857. The van der Waals surface area contributed by atoms with E-state index in [1.165, 1.54) is 17.8 Å². The van der Waals surface area contributed by atoms with Crippen LogP contribution in [0.2, 0.25) is 5.02 Å². The topological polar surface area (TPSA) is 26.0 Å². The van der Waals surface area contributed by atoms with Gasteiger partial charge in [0.15, 0.2) is 11.6 Å². The van der Waals surface area contributed by atoms with E-state index in [0.29, 0.717) is 16.5 Å². The van der Waals surface area contributed by atoms with Crippen LogP contribution in [0.25, 0.3) is 0 Å². The molecule has 0 aliphatic rings. The van der Waals surface area contributed by atoms with Crippen molar-refractivity contribution >= 4 is 23.4 Å². The van der Waals surface area contributed by atoms with Crippen molar-refractivity contribution < 1.29 is 8.78 Å². The molecule has 0 spiro atoms. The largest absolute Gasteiger partial charge is 0.326 e. The summed E-state index contributed by atoms with van der Waals surface area (Å²) >= 11 is 7.34. The molecule has 2 aromatic carbocycles. The molecule has 0 radical (unpaired) electrons. The zero-order valence-electron chi connectivity index (χ0n) is 9.29. The molecule has 5 heteroatoms. The van der Waals surface area contributed by atoms with Crippen molar-refractivity contribution in [3.05, 3.63) is 58.6 Å². The van der Waals surface area contributed by atoms with Crippen LogP contribution in [-0.2, 0) is 6.54 Å². The second kappa shape index (κ2) is 5.69. The molecular formula is C13H10ClF2NS. The van der Waals surface area contributed by atoms with Crippen LogP contribution in [0.5, 0.6) is 0 Å². The third-order valence-corrected chi connectivity index (χ3v) is 3.70. The molecule has 0 aliphatic carbocycles. The average molecular weight is 286 g/mol. The number of benzene rings is 2. The minimum Gasteiger partial charge on any atom is -0.326 e. The van der Waals surface area contributed by atoms with Gasteiger partial charge in [-0.3, -0.25) is 0 Å². The van der Waals surface area contributed by atoms with Crippen LogP contribution in [-0.4, -0.2) is 0 Å². The van der Waals surface area contributed by atoms with Gasteiger partial charge in [-0.15, -0.1) is 0 Å². The minimum absolute atomic E-state index is 0.370. The van der Waals surface area contributed by atoms with Crippen molar-refractivity contribution in [3.8, 4) is 0 Å². The van der Waals surface area contributed by atoms with Crippen LogP contribution in [0.15, 0.2) is 46.2 Å². The van der Waals surface area contributed by atoms with Crippen LogP contribution in [0.3, 0.4) is 0 Å². The lowest BCUT2D eigenvalue weighted by Gasteiger charge is -2.05. The zero-order valence-corrected chi connectivity index (χ0v) is 10.9. The molecule has 2 rings (SSSR count). The fraction of sp³-hybridized carbons (Fsp3) is 0.0769. The van der Waals surface area contributed by atoms with Gasteiger partial charge in [0.2, 0.25) is 0 Å². The van der Waals surface area contributed by atoms with Crippen molar-refractivity contribution in [2.45, 2.75) is 16.3 Å². The van der Waals surface area contributed by atoms with E-state index in [0.717, 1.165) is 22.6 Å². The monoisotopic (exact) mass is 285 g/mol. The first-order valence-electron chi connectivity index (χ1n) is 5.21. The van der Waals surface area contributed by atoms with Crippen LogP contribution >= 0.6 is 23.4 Å². The molecule has 0 atom stereocenters. The lowest BCUT2D eigenvalue weighted by Crippen LogP contribution is -1.96. The van der Waals surface area contributed by atoms with Crippen LogP contribution in [0.4, 0.5) is 8.78 Å². The van der Waals surface area contributed by atoms with Crippen molar-refractivity contribution in [2.75, 3.05) is 0 Å². The van der Waals surface area contributed by atoms with E-state index in [9.17, 15) is 8.78 Å². The first kappa shape index (κ1) is 13.3. The third-order valence-electron chi connectivity index (χ3n) is 2.37. The van der Waals surface area contributed by atoms with E-state index in [1.807, 2.05) is 12.1 Å². The van der Waals surface area contributed by atoms with Crippen molar-refractivity contribution in [1.82, 2.24) is 0 Å². The lowest BCUT2D eigenvalue weighted by atomic mass is 10.2. The number of rotatable bonds is 3. The summed E-state index contributed by atoms with van der Waals surface area (Å²) in [5.74, 6) is -1.71. The molecule has 0 unspecified atom stereocenters. The predicted octanol–water partition coefficient (Wildman–Crippen LogP) is 4.23. The summed E-state index contributed by atoms with van der Waals surface area (Å²) in [7, 11) is 0. The molecule has 0 aromatic heterocycles. The number of halogens is 3. The number of hydrogen-bond acceptors (Lipinski definition) is 2. The van der Waals surface area contributed by atoms with Crippen molar-refractivity contribution in [3.63, 3.8) is 0 Å². The van der Waals surface area contributed by atoms with Gasteiger partial charge in [0.05, 0.1) is 0 Å². The molecule has 0 fully saturated rings. The normalized spacial score (nSPS) is 10.7. The molecule has 2 aromatic rings. The highest BCUT2D eigenvalue weighted by Crippen LogP contribution is 2.31. The van der Waals surface area contributed by atoms with Crippen LogP contribution in [0.1, 0.15) is 5.56 Å². The first-order valence-corrected chi connectivity index (χ1v) is 6.41. The fourth-order valence-corrected chi connectivity index (χ4v) is 2.64. The maximum Gasteiger partial charge on any atom is 0.159 e. The summed E-state index contributed by atoms with van der Waals surface area (Å²) in [5, 5.41) is 0.574. The van der Waals surface area contributed by atoms with Gasteiger partial charge in [0.1, 0.15) is 0 Å². The standard InChI is InChI=1S/C13H10ClF2NS/c14-11-5-9(2-1-8(11)7-17)18-10-3-4-12(15)13(16)6-10/h1-6H,7,17H2. The fourth-order valence-electron chi connectivity index (χ4n) is 1.43. The maximum absolute atomic E-state index is 13.0. The molecule has 18 heavy (non-hydrogen) atoms. The van der Waals surface area contributed by atoms with Gasteiger partial charge in [-0.05, 0) is 35.9 Å². The quantitative estimate of drug-likeness (QED) is 0.913. The Hall–Kier alpha value is -1.10. The Bertz CT molecular complexity index is 575. The van der Waals surface area contributed by atoms with E-state index in [2.05, 4.69) is 0 Å². The highest BCUT2D eigenvalue weighted by molar-refractivity contribution is 7.99. The van der Waals surface area contributed by atoms with Gasteiger partial charge in [0, 0.05) is 21.4 Å². The third kappa shape index (κ3) is 3.02. The summed E-state index contributed by atoms with van der Waals surface area (Å²) in [6.45, 7) is 0.370. The molecule has 0 saturated carbocycles. The van der Waals surface area contributed by atoms with Gasteiger partial charge in [0.25, 0.3) is 0 Å². The summed E-state index contributed by atoms with van der Waals surface area (Å²) in [6.07, 6.45) is 0. The molecule has 0 saturated heterocycles. The van der Waals surface area contributed by atoms with E-state index in [4.69, 9.17) is 17.3 Å². The lowest BCUT2D eigenvalue weighted by molar-refractivity contribution is 0.506. The highest BCUT2D eigenvalue weighted by Gasteiger charge is 2.05. The van der Waals surface area contributed by atoms with Gasteiger partial charge in [-0.1, -0.05) is 29.4 Å². The maximum atomic E-state index is 13.0. The van der Waals surface area contributed by atoms with Crippen molar-refractivity contribution in [2.24, 2.45) is 5.73 Å². The molecule has 0 amide bonds. The van der Waals surface area contributed by atoms with E-state index < -0.39 is 11.6 Å². The Morgan fingerprint density at radius 2 is 1.67 bits per heavy atom. The second-order valence-electron chi connectivity index (χ2n) is 3.64. The Balaban J connectivity index is 2.23. The summed E-state index contributed by atoms with van der Waals surface area (Å²) in [6, 6.07) is 9.21. The number of hydrogen-bond donors (Lipinski definition) is 1. The molecule has 2 N–H and O–H groups in total. The Morgan fingerprint density at radius 3 is 2.28 bits per heavy atom.